The van der Waals surface area contributed by atoms with Gasteiger partial charge in [-0.2, -0.15) is 0 Å². The molecule has 1 saturated heterocycles. The zero-order chi connectivity index (χ0) is 13.0. The summed E-state index contributed by atoms with van der Waals surface area (Å²) in [4.78, 5) is 14.9. The van der Waals surface area contributed by atoms with Crippen LogP contribution in [-0.4, -0.2) is 35.2 Å². The molecule has 6 heteroatoms. The Morgan fingerprint density at radius 2 is 2.39 bits per heavy atom. The van der Waals surface area contributed by atoms with E-state index in [-0.39, 0.29) is 11.6 Å². The molecule has 1 aromatic rings. The molecule has 0 spiro atoms. The van der Waals surface area contributed by atoms with Gasteiger partial charge in [-0.15, -0.1) is 0 Å². The molecule has 98 valence electrons. The first-order chi connectivity index (χ1) is 8.66. The Hall–Kier alpha value is -1.33. The summed E-state index contributed by atoms with van der Waals surface area (Å²) in [6, 6.07) is 1.79. The van der Waals surface area contributed by atoms with Crippen LogP contribution in [-0.2, 0) is 0 Å². The standard InChI is InChI=1S/C12H16ClN3O2/c13-11-5-10(9(7-15-11)12(17)18)16-8-3-1-2-4-14-6-8/h5,7-8,14H,1-4,6H2,(H,15,16)(H,17,18). The first-order valence-electron chi connectivity index (χ1n) is 6.03. The summed E-state index contributed by atoms with van der Waals surface area (Å²) in [5.74, 6) is -0.997. The average molecular weight is 270 g/mol. The van der Waals surface area contributed by atoms with Crippen LogP contribution in [0, 0.1) is 0 Å². The van der Waals surface area contributed by atoms with E-state index in [4.69, 9.17) is 16.7 Å². The fourth-order valence-corrected chi connectivity index (χ4v) is 2.24. The van der Waals surface area contributed by atoms with E-state index in [0.29, 0.717) is 10.8 Å². The van der Waals surface area contributed by atoms with Gasteiger partial charge >= 0.3 is 5.97 Å². The molecule has 0 aromatic carbocycles. The van der Waals surface area contributed by atoms with Gasteiger partial charge in [-0.3, -0.25) is 0 Å². The maximum absolute atomic E-state index is 11.1. The molecule has 0 amide bonds. The fourth-order valence-electron chi connectivity index (χ4n) is 2.08. The molecule has 5 nitrogen and oxygen atoms in total. The molecule has 1 atom stereocenters. The Labute approximate surface area is 111 Å². The van der Waals surface area contributed by atoms with Crippen LogP contribution in [0.3, 0.4) is 0 Å². The number of aromatic nitrogens is 1. The van der Waals surface area contributed by atoms with Crippen molar-refractivity contribution >= 4 is 23.3 Å². The summed E-state index contributed by atoms with van der Waals surface area (Å²) in [6.07, 6.45) is 4.59. The Balaban J connectivity index is 2.15. The normalized spacial score (nSPS) is 20.2. The van der Waals surface area contributed by atoms with E-state index < -0.39 is 5.97 Å². The van der Waals surface area contributed by atoms with E-state index in [1.165, 1.54) is 6.20 Å². The fraction of sp³-hybridized carbons (Fsp3) is 0.500. The molecule has 0 bridgehead atoms. The van der Waals surface area contributed by atoms with E-state index >= 15 is 0 Å². The number of aromatic carboxylic acids is 1. The van der Waals surface area contributed by atoms with Crippen LogP contribution in [0.2, 0.25) is 5.15 Å². The summed E-state index contributed by atoms with van der Waals surface area (Å²) in [6.45, 7) is 1.85. The summed E-state index contributed by atoms with van der Waals surface area (Å²) in [5, 5.41) is 16.0. The highest BCUT2D eigenvalue weighted by atomic mass is 35.5. The van der Waals surface area contributed by atoms with Crippen molar-refractivity contribution in [2.45, 2.75) is 25.3 Å². The van der Waals surface area contributed by atoms with Crippen LogP contribution in [0.5, 0.6) is 0 Å². The predicted molar refractivity (Wildman–Crippen MR) is 70.3 cm³/mol. The molecule has 1 unspecified atom stereocenters. The van der Waals surface area contributed by atoms with Crippen LogP contribution in [0.25, 0.3) is 0 Å². The molecule has 1 aromatic heterocycles. The van der Waals surface area contributed by atoms with Crippen molar-refractivity contribution in [2.24, 2.45) is 0 Å². The molecular weight excluding hydrogens is 254 g/mol. The van der Waals surface area contributed by atoms with Gasteiger partial charge in [-0.05, 0) is 25.5 Å². The first-order valence-corrected chi connectivity index (χ1v) is 6.40. The molecule has 1 aliphatic heterocycles. The van der Waals surface area contributed by atoms with E-state index in [0.717, 1.165) is 32.4 Å². The second-order valence-electron chi connectivity index (χ2n) is 4.40. The van der Waals surface area contributed by atoms with Gasteiger partial charge in [-0.25, -0.2) is 9.78 Å². The van der Waals surface area contributed by atoms with Crippen molar-refractivity contribution in [1.82, 2.24) is 10.3 Å². The van der Waals surface area contributed by atoms with Gasteiger partial charge in [0.2, 0.25) is 0 Å². The molecular formula is C12H16ClN3O2. The molecule has 0 aliphatic carbocycles. The third-order valence-corrected chi connectivity index (χ3v) is 3.21. The summed E-state index contributed by atoms with van der Waals surface area (Å²) in [7, 11) is 0. The number of hydrogen-bond acceptors (Lipinski definition) is 4. The third kappa shape index (κ3) is 3.34. The van der Waals surface area contributed by atoms with Gasteiger partial charge in [0.1, 0.15) is 10.7 Å². The molecule has 3 N–H and O–H groups in total. The van der Waals surface area contributed by atoms with Gasteiger partial charge in [0.25, 0.3) is 0 Å². The Kier molecular flexibility index (Phi) is 4.38. The lowest BCUT2D eigenvalue weighted by molar-refractivity contribution is 0.0697. The van der Waals surface area contributed by atoms with Crippen molar-refractivity contribution in [2.75, 3.05) is 18.4 Å². The van der Waals surface area contributed by atoms with E-state index in [9.17, 15) is 4.79 Å². The van der Waals surface area contributed by atoms with Crippen LogP contribution >= 0.6 is 11.6 Å². The van der Waals surface area contributed by atoms with E-state index in [1.54, 1.807) is 6.07 Å². The zero-order valence-corrected chi connectivity index (χ0v) is 10.7. The monoisotopic (exact) mass is 269 g/mol. The number of rotatable bonds is 3. The maximum Gasteiger partial charge on any atom is 0.339 e. The Bertz CT molecular complexity index is 431. The molecule has 18 heavy (non-hydrogen) atoms. The lowest BCUT2D eigenvalue weighted by Gasteiger charge is -2.19. The summed E-state index contributed by atoms with van der Waals surface area (Å²) >= 11 is 5.81. The highest BCUT2D eigenvalue weighted by Crippen LogP contribution is 2.21. The van der Waals surface area contributed by atoms with Crippen molar-refractivity contribution in [3.63, 3.8) is 0 Å². The number of nitrogens with one attached hydrogen (secondary N) is 2. The molecule has 1 fully saturated rings. The van der Waals surface area contributed by atoms with Crippen molar-refractivity contribution in [1.29, 1.82) is 0 Å². The third-order valence-electron chi connectivity index (χ3n) is 3.01. The van der Waals surface area contributed by atoms with Crippen LogP contribution in [0.1, 0.15) is 29.6 Å². The molecule has 0 saturated carbocycles. The second-order valence-corrected chi connectivity index (χ2v) is 4.79. The SMILES string of the molecule is O=C(O)c1cnc(Cl)cc1NC1CCCCNC1. The summed E-state index contributed by atoms with van der Waals surface area (Å²) < 4.78 is 0. The quantitative estimate of drug-likeness (QED) is 0.732. The number of halogens is 1. The first kappa shape index (κ1) is 13.1. The van der Waals surface area contributed by atoms with Crippen molar-refractivity contribution < 1.29 is 9.90 Å². The number of carboxylic acid groups (broad SMARTS) is 1. The van der Waals surface area contributed by atoms with E-state index in [2.05, 4.69) is 15.6 Å². The van der Waals surface area contributed by atoms with Crippen molar-refractivity contribution in [3.05, 3.63) is 23.0 Å². The van der Waals surface area contributed by atoms with Crippen LogP contribution in [0.4, 0.5) is 5.69 Å². The lowest BCUT2D eigenvalue weighted by Crippen LogP contribution is -2.31. The van der Waals surface area contributed by atoms with Gasteiger partial charge < -0.3 is 15.7 Å². The van der Waals surface area contributed by atoms with Gasteiger partial charge in [0.15, 0.2) is 0 Å². The average Bonchev–Trinajstić information content (AvgIpc) is 2.57. The second kappa shape index (κ2) is 6.02. The van der Waals surface area contributed by atoms with Crippen molar-refractivity contribution in [3.8, 4) is 0 Å². The molecule has 1 aliphatic rings. The molecule has 2 rings (SSSR count). The number of anilines is 1. The number of nitrogens with zero attached hydrogens (tertiary/aromatic N) is 1. The Morgan fingerprint density at radius 1 is 1.56 bits per heavy atom. The number of pyridine rings is 1. The van der Waals surface area contributed by atoms with Crippen LogP contribution in [0.15, 0.2) is 12.3 Å². The van der Waals surface area contributed by atoms with Gasteiger partial charge in [0, 0.05) is 18.8 Å². The largest absolute Gasteiger partial charge is 0.478 e. The van der Waals surface area contributed by atoms with Crippen LogP contribution < -0.4 is 10.6 Å². The minimum atomic E-state index is -0.997. The number of carboxylic acids is 1. The number of carbonyl (C=O) groups is 1. The smallest absolute Gasteiger partial charge is 0.339 e. The minimum absolute atomic E-state index is 0.156. The highest BCUT2D eigenvalue weighted by Gasteiger charge is 2.16. The zero-order valence-electron chi connectivity index (χ0n) is 9.95. The lowest BCUT2D eigenvalue weighted by atomic mass is 10.1. The molecule has 0 radical (unpaired) electrons. The highest BCUT2D eigenvalue weighted by molar-refractivity contribution is 6.29. The van der Waals surface area contributed by atoms with Gasteiger partial charge in [-0.1, -0.05) is 18.0 Å². The maximum atomic E-state index is 11.1. The van der Waals surface area contributed by atoms with E-state index in [1.807, 2.05) is 0 Å². The summed E-state index contributed by atoms with van der Waals surface area (Å²) in [5.41, 5.74) is 0.694. The topological polar surface area (TPSA) is 74.2 Å². The van der Waals surface area contributed by atoms with Gasteiger partial charge in [0.05, 0.1) is 5.69 Å². The predicted octanol–water partition coefficient (Wildman–Crippen LogP) is 1.99. The minimum Gasteiger partial charge on any atom is -0.478 e. The Morgan fingerprint density at radius 3 is 3.17 bits per heavy atom. The number of hydrogen-bond donors (Lipinski definition) is 3. The molecule has 2 heterocycles.